The van der Waals surface area contributed by atoms with Gasteiger partial charge in [0.05, 0.1) is 41.6 Å². The molecule has 1 N–H and O–H groups in total. The number of ether oxygens (including phenoxy) is 1. The van der Waals surface area contributed by atoms with Crippen molar-refractivity contribution in [2.75, 3.05) is 7.11 Å². The zero-order chi connectivity index (χ0) is 22.1. The van der Waals surface area contributed by atoms with Crippen LogP contribution in [0.4, 0.5) is 0 Å². The molecular weight excluding hydrogens is 441 g/mol. The predicted molar refractivity (Wildman–Crippen MR) is 116 cm³/mol. The van der Waals surface area contributed by atoms with Crippen LogP contribution in [-0.4, -0.2) is 28.8 Å². The van der Waals surface area contributed by atoms with Crippen LogP contribution >= 0.6 is 23.2 Å². The van der Waals surface area contributed by atoms with Crippen LogP contribution in [0, 0.1) is 0 Å². The normalized spacial score (nSPS) is 17.9. The number of ketones is 1. The number of hydrogen-bond donors (Lipinski definition) is 1. The lowest BCUT2D eigenvalue weighted by molar-refractivity contribution is -0.140. The van der Waals surface area contributed by atoms with Crippen molar-refractivity contribution in [3.8, 4) is 5.75 Å². The standard InChI is InChI=1S/C23H17Cl2NO5/c1-30-15-7-4-13(5-8-15)21(27)19-20(14-6-9-17(24)18(25)11-14)26(23(29)22(19)28)12-16-3-2-10-31-16/h2-11,20,27H,12H2,1H3. The Morgan fingerprint density at radius 2 is 1.84 bits per heavy atom. The maximum absolute atomic E-state index is 13.0. The van der Waals surface area contributed by atoms with E-state index in [-0.39, 0.29) is 22.9 Å². The highest BCUT2D eigenvalue weighted by molar-refractivity contribution is 6.46. The lowest BCUT2D eigenvalue weighted by Crippen LogP contribution is -2.29. The lowest BCUT2D eigenvalue weighted by atomic mass is 9.95. The molecule has 3 aromatic rings. The fraction of sp³-hybridized carbons (Fsp3) is 0.130. The van der Waals surface area contributed by atoms with Gasteiger partial charge < -0.3 is 19.2 Å². The van der Waals surface area contributed by atoms with Gasteiger partial charge >= 0.3 is 0 Å². The molecule has 0 radical (unpaired) electrons. The highest BCUT2D eigenvalue weighted by atomic mass is 35.5. The molecule has 2 aromatic carbocycles. The van der Waals surface area contributed by atoms with Crippen LogP contribution in [0.2, 0.25) is 10.0 Å². The predicted octanol–water partition coefficient (Wildman–Crippen LogP) is 5.22. The molecule has 1 aliphatic heterocycles. The summed E-state index contributed by atoms with van der Waals surface area (Å²) < 4.78 is 10.5. The van der Waals surface area contributed by atoms with Gasteiger partial charge in [-0.2, -0.15) is 0 Å². The number of furan rings is 1. The molecule has 0 bridgehead atoms. The first-order chi connectivity index (χ1) is 14.9. The maximum Gasteiger partial charge on any atom is 0.296 e. The second-order valence-corrected chi connectivity index (χ2v) is 7.72. The summed E-state index contributed by atoms with van der Waals surface area (Å²) in [6.45, 7) is 0.0435. The van der Waals surface area contributed by atoms with Gasteiger partial charge in [0.1, 0.15) is 17.3 Å². The number of methoxy groups -OCH3 is 1. The maximum atomic E-state index is 13.0. The van der Waals surface area contributed by atoms with Crippen molar-refractivity contribution in [2.24, 2.45) is 0 Å². The van der Waals surface area contributed by atoms with Crippen molar-refractivity contribution in [1.29, 1.82) is 0 Å². The molecule has 0 aliphatic carbocycles. The molecule has 1 amide bonds. The van der Waals surface area contributed by atoms with Gasteiger partial charge in [-0.25, -0.2) is 0 Å². The van der Waals surface area contributed by atoms with E-state index in [1.165, 1.54) is 18.3 Å². The van der Waals surface area contributed by atoms with Gasteiger partial charge in [-0.3, -0.25) is 9.59 Å². The van der Waals surface area contributed by atoms with Crippen LogP contribution in [0.5, 0.6) is 5.75 Å². The first-order valence-corrected chi connectivity index (χ1v) is 10.1. The Hall–Kier alpha value is -3.22. The first-order valence-electron chi connectivity index (χ1n) is 9.31. The summed E-state index contributed by atoms with van der Waals surface area (Å²) in [5, 5.41) is 11.6. The van der Waals surface area contributed by atoms with Crippen molar-refractivity contribution in [3.05, 3.63) is 93.4 Å². The van der Waals surface area contributed by atoms with Gasteiger partial charge in [-0.15, -0.1) is 0 Å². The molecule has 1 fully saturated rings. The third-order valence-corrected chi connectivity index (χ3v) is 5.81. The fourth-order valence-corrected chi connectivity index (χ4v) is 3.85. The van der Waals surface area contributed by atoms with Crippen molar-refractivity contribution < 1.29 is 23.8 Å². The minimum absolute atomic E-state index is 0.0416. The van der Waals surface area contributed by atoms with E-state index >= 15 is 0 Å². The number of hydrogen-bond acceptors (Lipinski definition) is 5. The third kappa shape index (κ3) is 3.92. The van der Waals surface area contributed by atoms with E-state index in [4.69, 9.17) is 32.4 Å². The molecule has 158 valence electrons. The summed E-state index contributed by atoms with van der Waals surface area (Å²) in [6.07, 6.45) is 1.48. The Kier molecular flexibility index (Phi) is 5.76. The summed E-state index contributed by atoms with van der Waals surface area (Å²) in [7, 11) is 1.53. The smallest absolute Gasteiger partial charge is 0.296 e. The molecule has 0 saturated carbocycles. The monoisotopic (exact) mass is 457 g/mol. The highest BCUT2D eigenvalue weighted by Crippen LogP contribution is 2.41. The molecule has 1 aromatic heterocycles. The van der Waals surface area contributed by atoms with Crippen LogP contribution in [-0.2, 0) is 16.1 Å². The number of carbonyl (C=O) groups excluding carboxylic acids is 2. The number of halogens is 2. The number of amides is 1. The summed E-state index contributed by atoms with van der Waals surface area (Å²) in [6, 6.07) is 13.9. The number of carbonyl (C=O) groups is 2. The van der Waals surface area contributed by atoms with Crippen molar-refractivity contribution >= 4 is 40.7 Å². The second kappa shape index (κ2) is 8.49. The van der Waals surface area contributed by atoms with Crippen LogP contribution in [0.15, 0.2) is 70.9 Å². The van der Waals surface area contributed by atoms with E-state index in [1.807, 2.05) is 0 Å². The Bertz CT molecular complexity index is 1170. The topological polar surface area (TPSA) is 80.0 Å². The van der Waals surface area contributed by atoms with Crippen LogP contribution in [0.1, 0.15) is 22.9 Å². The Balaban J connectivity index is 1.87. The quantitative estimate of drug-likeness (QED) is 0.322. The highest BCUT2D eigenvalue weighted by Gasteiger charge is 2.46. The van der Waals surface area contributed by atoms with Gasteiger partial charge in [-0.1, -0.05) is 29.3 Å². The molecule has 0 spiro atoms. The zero-order valence-corrected chi connectivity index (χ0v) is 17.9. The number of aliphatic hydroxyl groups is 1. The van der Waals surface area contributed by atoms with E-state index in [9.17, 15) is 14.7 Å². The van der Waals surface area contributed by atoms with Gasteiger partial charge in [0.15, 0.2) is 0 Å². The van der Waals surface area contributed by atoms with E-state index in [0.29, 0.717) is 27.7 Å². The zero-order valence-electron chi connectivity index (χ0n) is 16.3. The first kappa shape index (κ1) is 21.0. The molecule has 2 heterocycles. The van der Waals surface area contributed by atoms with Crippen LogP contribution in [0.3, 0.4) is 0 Å². The largest absolute Gasteiger partial charge is 0.507 e. The molecule has 4 rings (SSSR count). The SMILES string of the molecule is COc1ccc(C(O)=C2C(=O)C(=O)N(Cc3ccco3)C2c2ccc(Cl)c(Cl)c2)cc1. The molecule has 6 nitrogen and oxygen atoms in total. The van der Waals surface area contributed by atoms with E-state index in [2.05, 4.69) is 0 Å². The van der Waals surface area contributed by atoms with Crippen LogP contribution in [0.25, 0.3) is 5.76 Å². The molecular formula is C23H17Cl2NO5. The molecule has 1 atom stereocenters. The Morgan fingerprint density at radius 3 is 2.45 bits per heavy atom. The van der Waals surface area contributed by atoms with E-state index in [0.717, 1.165) is 0 Å². The minimum Gasteiger partial charge on any atom is -0.507 e. The van der Waals surface area contributed by atoms with Gasteiger partial charge in [0, 0.05) is 5.56 Å². The lowest BCUT2D eigenvalue weighted by Gasteiger charge is -2.24. The number of benzene rings is 2. The summed E-state index contributed by atoms with van der Waals surface area (Å²) in [5.41, 5.74) is 0.872. The summed E-state index contributed by atoms with van der Waals surface area (Å²) >= 11 is 12.3. The average molecular weight is 458 g/mol. The van der Waals surface area contributed by atoms with E-state index < -0.39 is 17.7 Å². The number of nitrogens with zero attached hydrogens (tertiary/aromatic N) is 1. The number of aliphatic hydroxyl groups excluding tert-OH is 1. The fourth-order valence-electron chi connectivity index (χ4n) is 3.55. The third-order valence-electron chi connectivity index (χ3n) is 5.07. The van der Waals surface area contributed by atoms with E-state index in [1.54, 1.807) is 54.6 Å². The van der Waals surface area contributed by atoms with Gasteiger partial charge in [0.2, 0.25) is 0 Å². The molecule has 1 aliphatic rings. The number of rotatable bonds is 5. The van der Waals surface area contributed by atoms with Crippen molar-refractivity contribution in [3.63, 3.8) is 0 Å². The number of likely N-dealkylation sites (tertiary alicyclic amines) is 1. The summed E-state index contributed by atoms with van der Waals surface area (Å²) in [5.74, 6) is -0.746. The summed E-state index contributed by atoms with van der Waals surface area (Å²) in [4.78, 5) is 27.3. The second-order valence-electron chi connectivity index (χ2n) is 6.91. The van der Waals surface area contributed by atoms with Crippen molar-refractivity contribution in [1.82, 2.24) is 4.90 Å². The minimum atomic E-state index is -0.873. The molecule has 1 unspecified atom stereocenters. The average Bonchev–Trinajstić information content (AvgIpc) is 3.38. The molecule has 8 heteroatoms. The molecule has 1 saturated heterocycles. The van der Waals surface area contributed by atoms with Gasteiger partial charge in [0.25, 0.3) is 11.7 Å². The Morgan fingerprint density at radius 1 is 1.10 bits per heavy atom. The Labute approximate surface area is 188 Å². The van der Waals surface area contributed by atoms with Gasteiger partial charge in [-0.05, 0) is 54.1 Å². The van der Waals surface area contributed by atoms with Crippen molar-refractivity contribution in [2.45, 2.75) is 12.6 Å². The molecule has 31 heavy (non-hydrogen) atoms. The number of Topliss-reactive ketones (excluding diaryl/α,β-unsaturated/α-hetero) is 1. The van der Waals surface area contributed by atoms with Crippen LogP contribution < -0.4 is 4.74 Å².